The summed E-state index contributed by atoms with van der Waals surface area (Å²) in [4.78, 5) is 11.8. The van der Waals surface area contributed by atoms with E-state index in [1.165, 1.54) is 0 Å². The second kappa shape index (κ2) is 7.58. The van der Waals surface area contributed by atoms with Gasteiger partial charge in [0.25, 0.3) is 0 Å². The Balaban J connectivity index is 0.00000180. The first-order valence-corrected chi connectivity index (χ1v) is 6.41. The first-order chi connectivity index (χ1) is 8.69. The molecule has 19 heavy (non-hydrogen) atoms. The highest BCUT2D eigenvalue weighted by Gasteiger charge is 2.18. The maximum absolute atomic E-state index is 11.8. The monoisotopic (exact) mass is 304 g/mol. The number of halogens is 2. The summed E-state index contributed by atoms with van der Waals surface area (Å²) in [5, 5.41) is 6.65. The largest absolute Gasteiger partial charge is 0.495 e. The van der Waals surface area contributed by atoms with E-state index < -0.39 is 0 Å². The number of nitrogens with one attached hydrogen (secondary N) is 2. The van der Waals surface area contributed by atoms with Crippen molar-refractivity contribution in [3.63, 3.8) is 0 Å². The van der Waals surface area contributed by atoms with Crippen LogP contribution in [0.2, 0.25) is 5.02 Å². The number of amides is 1. The molecule has 4 nitrogen and oxygen atoms in total. The van der Waals surface area contributed by atoms with Crippen molar-refractivity contribution >= 4 is 35.6 Å². The van der Waals surface area contributed by atoms with Gasteiger partial charge in [-0.25, -0.2) is 0 Å². The van der Waals surface area contributed by atoms with Gasteiger partial charge in [0, 0.05) is 18.2 Å². The van der Waals surface area contributed by atoms with E-state index in [0.717, 1.165) is 19.5 Å². The second-order valence-corrected chi connectivity index (χ2v) is 4.87. The number of carbonyl (C=O) groups is 1. The Bertz CT molecular complexity index is 435. The Labute approximate surface area is 124 Å². The van der Waals surface area contributed by atoms with Crippen LogP contribution in [0.4, 0.5) is 5.69 Å². The summed E-state index contributed by atoms with van der Waals surface area (Å²) >= 11 is 5.92. The molecule has 1 aromatic carbocycles. The third kappa shape index (κ3) is 4.56. The molecular formula is C13H18Cl2N2O2. The number of rotatable bonds is 4. The van der Waals surface area contributed by atoms with Crippen molar-refractivity contribution in [1.82, 2.24) is 5.32 Å². The highest BCUT2D eigenvalue weighted by Crippen LogP contribution is 2.27. The molecule has 0 aromatic heterocycles. The molecule has 1 amide bonds. The zero-order valence-corrected chi connectivity index (χ0v) is 12.3. The van der Waals surface area contributed by atoms with E-state index in [1.807, 2.05) is 0 Å². The molecule has 1 aromatic rings. The van der Waals surface area contributed by atoms with Crippen LogP contribution in [0.5, 0.6) is 5.75 Å². The van der Waals surface area contributed by atoms with Crippen LogP contribution in [-0.2, 0) is 4.79 Å². The van der Waals surface area contributed by atoms with Gasteiger partial charge in [0.05, 0.1) is 12.1 Å². The number of hydrogen-bond donors (Lipinski definition) is 2. The van der Waals surface area contributed by atoms with Gasteiger partial charge in [-0.05, 0) is 37.6 Å². The van der Waals surface area contributed by atoms with Crippen LogP contribution in [0.25, 0.3) is 0 Å². The van der Waals surface area contributed by atoms with Gasteiger partial charge in [0.15, 0.2) is 0 Å². The van der Waals surface area contributed by atoms with Crippen LogP contribution in [0.3, 0.4) is 0 Å². The Kier molecular flexibility index (Phi) is 6.42. The molecular weight excluding hydrogens is 287 g/mol. The molecule has 0 saturated carbocycles. The maximum Gasteiger partial charge on any atom is 0.224 e. The maximum atomic E-state index is 11.8. The Morgan fingerprint density at radius 2 is 2.37 bits per heavy atom. The lowest BCUT2D eigenvalue weighted by Gasteiger charge is -2.10. The number of anilines is 1. The number of ether oxygens (including phenoxy) is 1. The van der Waals surface area contributed by atoms with Gasteiger partial charge in [-0.3, -0.25) is 4.79 Å². The normalized spacial score (nSPS) is 17.7. The molecule has 1 fully saturated rings. The number of carbonyl (C=O) groups excluding carboxylic acids is 1. The van der Waals surface area contributed by atoms with Gasteiger partial charge in [0.2, 0.25) is 5.91 Å². The Hall–Kier alpha value is -0.970. The molecule has 2 rings (SSSR count). The van der Waals surface area contributed by atoms with E-state index >= 15 is 0 Å². The summed E-state index contributed by atoms with van der Waals surface area (Å²) in [5.41, 5.74) is 0.715. The summed E-state index contributed by atoms with van der Waals surface area (Å²) in [7, 11) is 1.55. The van der Waals surface area contributed by atoms with Gasteiger partial charge < -0.3 is 15.4 Å². The molecule has 1 unspecified atom stereocenters. The molecule has 0 aliphatic carbocycles. The van der Waals surface area contributed by atoms with E-state index in [4.69, 9.17) is 16.3 Å². The van der Waals surface area contributed by atoms with Gasteiger partial charge in [0.1, 0.15) is 5.75 Å². The van der Waals surface area contributed by atoms with Crippen molar-refractivity contribution < 1.29 is 9.53 Å². The third-order valence-corrected chi connectivity index (χ3v) is 3.38. The Morgan fingerprint density at radius 1 is 1.58 bits per heavy atom. The molecule has 106 valence electrons. The fourth-order valence-electron chi connectivity index (χ4n) is 2.10. The van der Waals surface area contributed by atoms with Gasteiger partial charge in [-0.1, -0.05) is 11.6 Å². The lowest BCUT2D eigenvalue weighted by molar-refractivity contribution is -0.116. The van der Waals surface area contributed by atoms with Crippen molar-refractivity contribution in [2.24, 2.45) is 5.92 Å². The molecule has 1 aliphatic rings. The van der Waals surface area contributed by atoms with E-state index in [2.05, 4.69) is 10.6 Å². The lowest BCUT2D eigenvalue weighted by Crippen LogP contribution is -2.18. The van der Waals surface area contributed by atoms with E-state index in [9.17, 15) is 4.79 Å². The lowest BCUT2D eigenvalue weighted by atomic mass is 10.0. The average molecular weight is 305 g/mol. The quantitative estimate of drug-likeness (QED) is 0.899. The summed E-state index contributed by atoms with van der Waals surface area (Å²) in [6.45, 7) is 1.93. The molecule has 0 spiro atoms. The summed E-state index contributed by atoms with van der Waals surface area (Å²) < 4.78 is 5.11. The van der Waals surface area contributed by atoms with Crippen LogP contribution in [0.15, 0.2) is 18.2 Å². The van der Waals surface area contributed by atoms with Crippen molar-refractivity contribution in [1.29, 1.82) is 0 Å². The highest BCUT2D eigenvalue weighted by molar-refractivity contribution is 6.32. The van der Waals surface area contributed by atoms with Crippen molar-refractivity contribution in [2.45, 2.75) is 12.8 Å². The number of methoxy groups -OCH3 is 1. The minimum absolute atomic E-state index is 0. The van der Waals surface area contributed by atoms with Crippen molar-refractivity contribution in [3.05, 3.63) is 23.2 Å². The predicted molar refractivity (Wildman–Crippen MR) is 79.5 cm³/mol. The van der Waals surface area contributed by atoms with Crippen molar-refractivity contribution in [3.8, 4) is 5.75 Å². The zero-order valence-electron chi connectivity index (χ0n) is 10.7. The molecule has 1 atom stereocenters. The highest BCUT2D eigenvalue weighted by atomic mass is 35.5. The fourth-order valence-corrected chi connectivity index (χ4v) is 2.30. The third-order valence-electron chi connectivity index (χ3n) is 3.07. The topological polar surface area (TPSA) is 50.4 Å². The van der Waals surface area contributed by atoms with Crippen LogP contribution in [0.1, 0.15) is 12.8 Å². The minimum atomic E-state index is 0. The average Bonchev–Trinajstić information content (AvgIpc) is 2.84. The van der Waals surface area contributed by atoms with Crippen LogP contribution >= 0.6 is 24.0 Å². The van der Waals surface area contributed by atoms with Crippen molar-refractivity contribution in [2.75, 3.05) is 25.5 Å². The molecule has 6 heteroatoms. The number of benzene rings is 1. The summed E-state index contributed by atoms with van der Waals surface area (Å²) in [5.74, 6) is 1.05. The SMILES string of the molecule is COc1cc(NC(=O)CC2CCNC2)ccc1Cl.Cl. The summed E-state index contributed by atoms with van der Waals surface area (Å²) in [6.07, 6.45) is 1.62. The molecule has 1 heterocycles. The summed E-state index contributed by atoms with van der Waals surface area (Å²) in [6, 6.07) is 5.22. The van der Waals surface area contributed by atoms with Crippen LogP contribution in [0, 0.1) is 5.92 Å². The van der Waals surface area contributed by atoms with E-state index in [0.29, 0.717) is 28.8 Å². The zero-order chi connectivity index (χ0) is 13.0. The standard InChI is InChI=1S/C13H17ClN2O2.ClH/c1-18-12-7-10(2-3-11(12)14)16-13(17)6-9-4-5-15-8-9;/h2-3,7,9,15H,4-6,8H2,1H3,(H,16,17);1H. The van der Waals surface area contributed by atoms with Crippen LogP contribution in [-0.4, -0.2) is 26.1 Å². The van der Waals surface area contributed by atoms with Gasteiger partial charge >= 0.3 is 0 Å². The number of hydrogen-bond acceptors (Lipinski definition) is 3. The molecule has 0 radical (unpaired) electrons. The molecule has 2 N–H and O–H groups in total. The Morgan fingerprint density at radius 3 is 3.00 bits per heavy atom. The van der Waals surface area contributed by atoms with Gasteiger partial charge in [-0.2, -0.15) is 0 Å². The molecule has 0 bridgehead atoms. The first kappa shape index (κ1) is 16.1. The van der Waals surface area contributed by atoms with E-state index in [1.54, 1.807) is 25.3 Å². The molecule has 1 aliphatic heterocycles. The smallest absolute Gasteiger partial charge is 0.224 e. The van der Waals surface area contributed by atoms with Crippen LogP contribution < -0.4 is 15.4 Å². The fraction of sp³-hybridized carbons (Fsp3) is 0.462. The first-order valence-electron chi connectivity index (χ1n) is 6.03. The van der Waals surface area contributed by atoms with Gasteiger partial charge in [-0.15, -0.1) is 12.4 Å². The van der Waals surface area contributed by atoms with E-state index in [-0.39, 0.29) is 18.3 Å². The predicted octanol–water partition coefficient (Wildman–Crippen LogP) is 2.71. The minimum Gasteiger partial charge on any atom is -0.495 e. The molecule has 1 saturated heterocycles. The second-order valence-electron chi connectivity index (χ2n) is 4.46.